The first-order valence-corrected chi connectivity index (χ1v) is 9.40. The number of nitrogens with zero attached hydrogens (tertiary/aromatic N) is 2. The van der Waals surface area contributed by atoms with Crippen LogP contribution in [0.2, 0.25) is 10.0 Å². The van der Waals surface area contributed by atoms with E-state index in [1.54, 1.807) is 24.0 Å². The van der Waals surface area contributed by atoms with Crippen molar-refractivity contribution in [2.24, 2.45) is 0 Å². The Morgan fingerprint density at radius 3 is 2.48 bits per heavy atom. The number of carbonyl (C=O) groups excluding carboxylic acids is 3. The largest absolute Gasteiger partial charge is 0.372 e. The number of ether oxygens (including phenoxy) is 1. The van der Waals surface area contributed by atoms with Crippen LogP contribution >= 0.6 is 23.2 Å². The maximum Gasteiger partial charge on any atom is 0.325 e. The third-order valence-electron chi connectivity index (χ3n) is 4.81. The summed E-state index contributed by atoms with van der Waals surface area (Å²) in [7, 11) is 0. The third kappa shape index (κ3) is 3.77. The van der Waals surface area contributed by atoms with E-state index in [2.05, 4.69) is 5.32 Å². The number of nitrogens with one attached hydrogen (secondary N) is 1. The van der Waals surface area contributed by atoms with Gasteiger partial charge in [0.15, 0.2) is 0 Å². The van der Waals surface area contributed by atoms with E-state index < -0.39 is 17.5 Å². The Balaban J connectivity index is 1.79. The average molecular weight is 414 g/mol. The normalized spacial score (nSPS) is 28.5. The topological polar surface area (TPSA) is 79.0 Å². The average Bonchev–Trinajstić information content (AvgIpc) is 2.77. The fourth-order valence-corrected chi connectivity index (χ4v) is 4.13. The summed E-state index contributed by atoms with van der Waals surface area (Å²) in [5.41, 5.74) is -0.930. The van der Waals surface area contributed by atoms with Gasteiger partial charge in [-0.3, -0.25) is 14.5 Å². The summed E-state index contributed by atoms with van der Waals surface area (Å²) in [5, 5.41) is 3.34. The summed E-state index contributed by atoms with van der Waals surface area (Å²) in [4.78, 5) is 40.6. The van der Waals surface area contributed by atoms with Crippen LogP contribution in [0.5, 0.6) is 0 Å². The first kappa shape index (κ1) is 19.9. The summed E-state index contributed by atoms with van der Waals surface area (Å²) in [5.74, 6) is -0.827. The third-order valence-corrected chi connectivity index (χ3v) is 5.36. The van der Waals surface area contributed by atoms with Crippen molar-refractivity contribution in [1.82, 2.24) is 15.1 Å². The predicted octanol–water partition coefficient (Wildman–Crippen LogP) is 2.40. The van der Waals surface area contributed by atoms with Gasteiger partial charge in [-0.1, -0.05) is 29.3 Å². The Labute approximate surface area is 167 Å². The van der Waals surface area contributed by atoms with Crippen molar-refractivity contribution in [2.45, 2.75) is 38.5 Å². The molecule has 1 aromatic rings. The lowest BCUT2D eigenvalue weighted by atomic mass is 9.92. The number of halogens is 2. The summed E-state index contributed by atoms with van der Waals surface area (Å²) in [6.45, 7) is 5.84. The Morgan fingerprint density at radius 2 is 1.89 bits per heavy atom. The standard InChI is InChI=1S/C18H21Cl2N3O4/c1-10-7-22(8-11(2)27-10)15(24)9-23-16(25)18(3,21-17(23)26)13-5-4-12(19)6-14(13)20/h4-6,10-11H,7-9H2,1-3H3,(H,21,26)/t10-,11-,18+/m0/s1. The van der Waals surface area contributed by atoms with Gasteiger partial charge in [-0.05, 0) is 32.9 Å². The fraction of sp³-hybridized carbons (Fsp3) is 0.500. The van der Waals surface area contributed by atoms with Crippen LogP contribution in [0.15, 0.2) is 18.2 Å². The lowest BCUT2D eigenvalue weighted by Crippen LogP contribution is -2.52. The number of amides is 4. The Bertz CT molecular complexity index is 793. The van der Waals surface area contributed by atoms with Crippen molar-refractivity contribution in [3.63, 3.8) is 0 Å². The first-order valence-electron chi connectivity index (χ1n) is 8.64. The van der Waals surface area contributed by atoms with Gasteiger partial charge >= 0.3 is 6.03 Å². The number of benzene rings is 1. The molecule has 2 aliphatic rings. The van der Waals surface area contributed by atoms with E-state index >= 15 is 0 Å². The molecular weight excluding hydrogens is 393 g/mol. The van der Waals surface area contributed by atoms with E-state index in [9.17, 15) is 14.4 Å². The molecule has 0 aromatic heterocycles. The highest BCUT2D eigenvalue weighted by molar-refractivity contribution is 6.35. The Morgan fingerprint density at radius 1 is 1.26 bits per heavy atom. The molecule has 0 spiro atoms. The summed E-state index contributed by atoms with van der Waals surface area (Å²) in [6, 6.07) is 4.07. The summed E-state index contributed by atoms with van der Waals surface area (Å²) in [6.07, 6.45) is -0.196. The number of hydrogen-bond donors (Lipinski definition) is 1. The van der Waals surface area contributed by atoms with Crippen molar-refractivity contribution in [2.75, 3.05) is 19.6 Å². The molecular formula is C18H21Cl2N3O4. The molecule has 7 nitrogen and oxygen atoms in total. The van der Waals surface area contributed by atoms with Gasteiger partial charge in [-0.25, -0.2) is 4.79 Å². The van der Waals surface area contributed by atoms with Crippen LogP contribution in [0.1, 0.15) is 26.3 Å². The number of hydrogen-bond acceptors (Lipinski definition) is 4. The van der Waals surface area contributed by atoms with Gasteiger partial charge in [-0.2, -0.15) is 0 Å². The van der Waals surface area contributed by atoms with Gasteiger partial charge < -0.3 is 15.0 Å². The lowest BCUT2D eigenvalue weighted by Gasteiger charge is -2.35. The van der Waals surface area contributed by atoms with Crippen LogP contribution in [0.25, 0.3) is 0 Å². The summed E-state index contributed by atoms with van der Waals surface area (Å²) < 4.78 is 5.61. The van der Waals surface area contributed by atoms with Crippen molar-refractivity contribution in [3.05, 3.63) is 33.8 Å². The highest BCUT2D eigenvalue weighted by Gasteiger charge is 2.50. The second-order valence-electron chi connectivity index (χ2n) is 7.13. The SMILES string of the molecule is C[C@H]1CN(C(=O)CN2C(=O)N[C@](C)(c3ccc(Cl)cc3Cl)C2=O)C[C@H](C)O1. The minimum atomic E-state index is -1.36. The van der Waals surface area contributed by atoms with Gasteiger partial charge in [0.05, 0.1) is 12.2 Å². The second kappa shape index (κ2) is 7.30. The zero-order valence-electron chi connectivity index (χ0n) is 15.3. The molecule has 3 rings (SSSR count). The number of carbonyl (C=O) groups is 3. The highest BCUT2D eigenvalue weighted by atomic mass is 35.5. The van der Waals surface area contributed by atoms with Gasteiger partial charge in [0.1, 0.15) is 12.1 Å². The van der Waals surface area contributed by atoms with E-state index in [0.29, 0.717) is 23.7 Å². The van der Waals surface area contributed by atoms with Gasteiger partial charge in [-0.15, -0.1) is 0 Å². The molecule has 146 valence electrons. The van der Waals surface area contributed by atoms with E-state index in [1.807, 2.05) is 13.8 Å². The minimum Gasteiger partial charge on any atom is -0.372 e. The Kier molecular flexibility index (Phi) is 5.38. The molecule has 4 amide bonds. The smallest absolute Gasteiger partial charge is 0.325 e. The number of morpholine rings is 1. The van der Waals surface area contributed by atoms with Gasteiger partial charge in [0, 0.05) is 28.7 Å². The molecule has 0 unspecified atom stereocenters. The van der Waals surface area contributed by atoms with Crippen LogP contribution < -0.4 is 5.32 Å². The molecule has 0 saturated carbocycles. The maximum atomic E-state index is 13.0. The predicted molar refractivity (Wildman–Crippen MR) is 101 cm³/mol. The van der Waals surface area contributed by atoms with E-state index in [0.717, 1.165) is 4.90 Å². The Hall–Kier alpha value is -1.83. The number of urea groups is 1. The molecule has 1 N–H and O–H groups in total. The van der Waals surface area contributed by atoms with Crippen LogP contribution in [-0.2, 0) is 19.9 Å². The quantitative estimate of drug-likeness (QED) is 0.771. The fourth-order valence-electron chi connectivity index (χ4n) is 3.53. The van der Waals surface area contributed by atoms with Gasteiger partial charge in [0.2, 0.25) is 5.91 Å². The van der Waals surface area contributed by atoms with E-state index in [-0.39, 0.29) is 29.7 Å². The van der Waals surface area contributed by atoms with E-state index in [1.165, 1.54) is 6.07 Å². The van der Waals surface area contributed by atoms with Crippen LogP contribution in [-0.4, -0.2) is 59.5 Å². The molecule has 0 radical (unpaired) electrons. The first-order chi connectivity index (χ1) is 12.6. The molecule has 9 heteroatoms. The molecule has 2 aliphatic heterocycles. The molecule has 1 aromatic carbocycles. The van der Waals surface area contributed by atoms with Crippen LogP contribution in [0.3, 0.4) is 0 Å². The van der Waals surface area contributed by atoms with Crippen molar-refractivity contribution >= 4 is 41.0 Å². The van der Waals surface area contributed by atoms with Crippen LogP contribution in [0, 0.1) is 0 Å². The van der Waals surface area contributed by atoms with Crippen molar-refractivity contribution in [3.8, 4) is 0 Å². The summed E-state index contributed by atoms with van der Waals surface area (Å²) >= 11 is 12.1. The number of imide groups is 1. The molecule has 3 atom stereocenters. The van der Waals surface area contributed by atoms with Crippen LogP contribution in [0.4, 0.5) is 4.79 Å². The minimum absolute atomic E-state index is 0.0982. The lowest BCUT2D eigenvalue weighted by molar-refractivity contribution is -0.146. The molecule has 0 bridgehead atoms. The molecule has 0 aliphatic carbocycles. The maximum absolute atomic E-state index is 13.0. The number of rotatable bonds is 3. The van der Waals surface area contributed by atoms with Crippen molar-refractivity contribution in [1.29, 1.82) is 0 Å². The molecule has 27 heavy (non-hydrogen) atoms. The van der Waals surface area contributed by atoms with E-state index in [4.69, 9.17) is 27.9 Å². The van der Waals surface area contributed by atoms with Gasteiger partial charge in [0.25, 0.3) is 5.91 Å². The monoisotopic (exact) mass is 413 g/mol. The molecule has 2 saturated heterocycles. The molecule has 2 heterocycles. The van der Waals surface area contributed by atoms with Crippen molar-refractivity contribution < 1.29 is 19.1 Å². The molecule has 2 fully saturated rings. The highest BCUT2D eigenvalue weighted by Crippen LogP contribution is 2.35. The zero-order chi connectivity index (χ0) is 19.9. The second-order valence-corrected chi connectivity index (χ2v) is 7.97. The zero-order valence-corrected chi connectivity index (χ0v) is 16.8.